The number of sulfonamides is 1. The molecule has 1 heterocycles. The summed E-state index contributed by atoms with van der Waals surface area (Å²) in [5.74, 6) is -0.108. The highest BCUT2D eigenvalue weighted by molar-refractivity contribution is 7.92. The fourth-order valence-electron chi connectivity index (χ4n) is 1.37. The monoisotopic (exact) mass is 321 g/mol. The molecule has 0 atom stereocenters. The zero-order valence-electron chi connectivity index (χ0n) is 9.63. The van der Waals surface area contributed by atoms with Crippen LogP contribution in [0.5, 0.6) is 0 Å². The third-order valence-electron chi connectivity index (χ3n) is 2.30. The van der Waals surface area contributed by atoms with Gasteiger partial charge in [-0.05, 0) is 18.6 Å². The topological polar surface area (TPSA) is 103 Å². The molecule has 0 saturated carbocycles. The van der Waals surface area contributed by atoms with Crippen molar-refractivity contribution in [1.29, 1.82) is 0 Å². The molecule has 0 unspecified atom stereocenters. The number of nitrogens with two attached hydrogens (primary N) is 1. The molecule has 0 aliphatic heterocycles. The average molecular weight is 322 g/mol. The van der Waals surface area contributed by atoms with Crippen molar-refractivity contribution in [3.05, 3.63) is 34.1 Å². The van der Waals surface area contributed by atoms with Crippen LogP contribution in [0, 0.1) is 6.92 Å². The Kier molecular flexibility index (Phi) is 3.57. The van der Waals surface area contributed by atoms with Crippen molar-refractivity contribution in [3.8, 4) is 0 Å². The number of halogens is 2. The molecule has 0 amide bonds. The number of nitrogens with one attached hydrogen (secondary N) is 1. The van der Waals surface area contributed by atoms with Gasteiger partial charge in [0.1, 0.15) is 11.2 Å². The quantitative estimate of drug-likeness (QED) is 0.889. The summed E-state index contributed by atoms with van der Waals surface area (Å²) in [6.45, 7) is 1.67. The number of hydrogen-bond acceptors (Lipinski definition) is 5. The van der Waals surface area contributed by atoms with Gasteiger partial charge in [0.15, 0.2) is 0 Å². The number of nitrogens with zero attached hydrogens (tertiary/aromatic N) is 3. The van der Waals surface area contributed by atoms with Crippen LogP contribution in [0.3, 0.4) is 0 Å². The van der Waals surface area contributed by atoms with E-state index in [1.165, 1.54) is 6.07 Å². The van der Waals surface area contributed by atoms with Gasteiger partial charge in [-0.3, -0.25) is 0 Å². The van der Waals surface area contributed by atoms with E-state index < -0.39 is 10.0 Å². The second-order valence-corrected chi connectivity index (χ2v) is 6.04. The minimum absolute atomic E-state index is 0.00902. The zero-order valence-corrected chi connectivity index (χ0v) is 12.0. The largest absolute Gasteiger partial charge is 0.366 e. The maximum atomic E-state index is 12.2. The van der Waals surface area contributed by atoms with E-state index in [2.05, 4.69) is 15.0 Å². The Labute approximate surface area is 119 Å². The maximum Gasteiger partial charge on any atom is 0.278 e. The van der Waals surface area contributed by atoms with Gasteiger partial charge >= 0.3 is 0 Å². The highest BCUT2D eigenvalue weighted by Gasteiger charge is 2.23. The number of benzene rings is 1. The molecule has 1 aromatic heterocycles. The molecule has 0 fully saturated rings. The first-order valence-electron chi connectivity index (χ1n) is 4.96. The standard InChI is InChI=1S/C9H9Cl2N5O2S/c1-5-2-3-6(10)8(7(5)11)19(17,18)15-16-4-13-14-9(16)12/h2-4,15H,1H3,(H2,12,14). The first kappa shape index (κ1) is 13.9. The Bertz CT molecular complexity index is 728. The van der Waals surface area contributed by atoms with Crippen LogP contribution in [0.2, 0.25) is 10.0 Å². The summed E-state index contributed by atoms with van der Waals surface area (Å²) in [5, 5.41) is 6.97. The lowest BCUT2D eigenvalue weighted by Crippen LogP contribution is -2.24. The molecule has 2 rings (SSSR count). The van der Waals surface area contributed by atoms with Crippen LogP contribution in [-0.4, -0.2) is 23.3 Å². The molecule has 7 nitrogen and oxygen atoms in total. The SMILES string of the molecule is Cc1ccc(Cl)c(S(=O)(=O)Nn2cnnc2N)c1Cl. The van der Waals surface area contributed by atoms with E-state index in [0.29, 0.717) is 5.56 Å². The molecule has 0 radical (unpaired) electrons. The first-order chi connectivity index (χ1) is 8.83. The van der Waals surface area contributed by atoms with Crippen molar-refractivity contribution < 1.29 is 8.42 Å². The molecule has 2 aromatic rings. The fourth-order valence-corrected chi connectivity index (χ4v) is 3.56. The van der Waals surface area contributed by atoms with E-state index in [4.69, 9.17) is 28.9 Å². The predicted octanol–water partition coefficient (Wildman–Crippen LogP) is 1.41. The Morgan fingerprint density at radius 1 is 1.37 bits per heavy atom. The summed E-state index contributed by atoms with van der Waals surface area (Å²) in [5.41, 5.74) is 6.01. The molecule has 1 aromatic carbocycles. The lowest BCUT2D eigenvalue weighted by atomic mass is 10.2. The maximum absolute atomic E-state index is 12.2. The van der Waals surface area contributed by atoms with E-state index in [1.54, 1.807) is 13.0 Å². The molecule has 19 heavy (non-hydrogen) atoms. The summed E-state index contributed by atoms with van der Waals surface area (Å²) in [6.07, 6.45) is 1.12. The van der Waals surface area contributed by atoms with Crippen LogP contribution < -0.4 is 10.6 Å². The van der Waals surface area contributed by atoms with Crippen molar-refractivity contribution in [2.24, 2.45) is 0 Å². The van der Waals surface area contributed by atoms with Crippen LogP contribution in [0.1, 0.15) is 5.56 Å². The third-order valence-corrected chi connectivity index (χ3v) is 4.73. The molecule has 10 heteroatoms. The average Bonchev–Trinajstić information content (AvgIpc) is 2.69. The Morgan fingerprint density at radius 3 is 2.63 bits per heavy atom. The van der Waals surface area contributed by atoms with Gasteiger partial charge in [0, 0.05) is 0 Å². The van der Waals surface area contributed by atoms with Crippen LogP contribution in [0.15, 0.2) is 23.4 Å². The number of nitrogen functional groups attached to an aromatic ring is 1. The van der Waals surface area contributed by atoms with Crippen LogP contribution in [-0.2, 0) is 10.0 Å². The van der Waals surface area contributed by atoms with Crippen molar-refractivity contribution >= 4 is 39.2 Å². The van der Waals surface area contributed by atoms with E-state index in [0.717, 1.165) is 11.0 Å². The summed E-state index contributed by atoms with van der Waals surface area (Å²) >= 11 is 11.9. The van der Waals surface area contributed by atoms with E-state index in [9.17, 15) is 8.42 Å². The van der Waals surface area contributed by atoms with Gasteiger partial charge in [0.25, 0.3) is 10.0 Å². The van der Waals surface area contributed by atoms with Gasteiger partial charge < -0.3 is 5.73 Å². The number of anilines is 1. The van der Waals surface area contributed by atoms with Crippen molar-refractivity contribution in [1.82, 2.24) is 14.9 Å². The Hall–Kier alpha value is -1.51. The van der Waals surface area contributed by atoms with Crippen LogP contribution in [0.25, 0.3) is 0 Å². The second kappa shape index (κ2) is 4.87. The lowest BCUT2D eigenvalue weighted by Gasteiger charge is -2.12. The van der Waals surface area contributed by atoms with E-state index >= 15 is 0 Å². The van der Waals surface area contributed by atoms with Gasteiger partial charge in [-0.15, -0.1) is 10.2 Å². The van der Waals surface area contributed by atoms with Crippen molar-refractivity contribution in [2.45, 2.75) is 11.8 Å². The molecule has 102 valence electrons. The minimum Gasteiger partial charge on any atom is -0.366 e. The van der Waals surface area contributed by atoms with Gasteiger partial charge in [-0.2, -0.15) is 13.1 Å². The molecule has 3 N–H and O–H groups in total. The summed E-state index contributed by atoms with van der Waals surface area (Å²) in [4.78, 5) is 1.94. The fraction of sp³-hybridized carbons (Fsp3) is 0.111. The third kappa shape index (κ3) is 2.60. The molecule has 0 bridgehead atoms. The summed E-state index contributed by atoms with van der Waals surface area (Å²) in [6, 6.07) is 3.07. The minimum atomic E-state index is -4.00. The molecule has 0 spiro atoms. The number of hydrogen-bond donors (Lipinski definition) is 2. The highest BCUT2D eigenvalue weighted by atomic mass is 35.5. The smallest absolute Gasteiger partial charge is 0.278 e. The lowest BCUT2D eigenvalue weighted by molar-refractivity contribution is 0.595. The van der Waals surface area contributed by atoms with Crippen LogP contribution in [0.4, 0.5) is 5.95 Å². The normalized spacial score (nSPS) is 11.5. The number of aryl methyl sites for hydroxylation is 1. The first-order valence-corrected chi connectivity index (χ1v) is 7.20. The highest BCUT2D eigenvalue weighted by Crippen LogP contribution is 2.32. The van der Waals surface area contributed by atoms with Crippen molar-refractivity contribution in [2.75, 3.05) is 10.6 Å². The molecule has 0 saturated heterocycles. The summed E-state index contributed by atoms with van der Waals surface area (Å²) in [7, 11) is -4.00. The molecular weight excluding hydrogens is 313 g/mol. The molecule has 0 aliphatic rings. The van der Waals surface area contributed by atoms with Crippen molar-refractivity contribution in [3.63, 3.8) is 0 Å². The van der Waals surface area contributed by atoms with Gasteiger partial charge in [-0.25, -0.2) is 4.83 Å². The molecule has 0 aliphatic carbocycles. The predicted molar refractivity (Wildman–Crippen MR) is 72.2 cm³/mol. The van der Waals surface area contributed by atoms with E-state index in [-0.39, 0.29) is 20.9 Å². The van der Waals surface area contributed by atoms with E-state index in [1.807, 2.05) is 0 Å². The zero-order chi connectivity index (χ0) is 14.2. The Morgan fingerprint density at radius 2 is 2.05 bits per heavy atom. The second-order valence-electron chi connectivity index (χ2n) is 3.66. The van der Waals surface area contributed by atoms with Gasteiger partial charge in [-0.1, -0.05) is 29.3 Å². The van der Waals surface area contributed by atoms with Gasteiger partial charge in [0.2, 0.25) is 5.95 Å². The van der Waals surface area contributed by atoms with Gasteiger partial charge in [0.05, 0.1) is 10.0 Å². The number of rotatable bonds is 3. The summed E-state index contributed by atoms with van der Waals surface area (Å²) < 4.78 is 25.4. The van der Waals surface area contributed by atoms with Crippen LogP contribution >= 0.6 is 23.2 Å². The molecular formula is C9H9Cl2N5O2S. The Balaban J connectivity index is 2.52. The number of aromatic nitrogens is 3.